The lowest BCUT2D eigenvalue weighted by Crippen LogP contribution is -1.83. The van der Waals surface area contributed by atoms with Gasteiger partial charge in [0.1, 0.15) is 0 Å². The molecule has 12 heavy (non-hydrogen) atoms. The van der Waals surface area contributed by atoms with Crippen molar-refractivity contribution in [2.24, 2.45) is 4.99 Å². The number of nitrogens with zero attached hydrogens (tertiary/aromatic N) is 1. The molecule has 0 bridgehead atoms. The quantitative estimate of drug-likeness (QED) is 0.524. The van der Waals surface area contributed by atoms with Crippen LogP contribution in [-0.4, -0.2) is 6.21 Å². The van der Waals surface area contributed by atoms with Gasteiger partial charge in [-0.25, -0.2) is 0 Å². The summed E-state index contributed by atoms with van der Waals surface area (Å²) < 4.78 is 0. The van der Waals surface area contributed by atoms with Crippen LogP contribution in [-0.2, 0) is 0 Å². The molecule has 0 radical (unpaired) electrons. The molecule has 1 aromatic carbocycles. The van der Waals surface area contributed by atoms with Crippen molar-refractivity contribution in [1.29, 1.82) is 0 Å². The van der Waals surface area contributed by atoms with Crippen molar-refractivity contribution in [2.45, 2.75) is 6.92 Å². The van der Waals surface area contributed by atoms with Crippen molar-refractivity contribution in [3.8, 4) is 0 Å². The van der Waals surface area contributed by atoms with Gasteiger partial charge in [0.05, 0.1) is 11.4 Å². The number of para-hydroxylation sites is 2. The Kier molecular flexibility index (Phi) is 3.08. The van der Waals surface area contributed by atoms with E-state index in [1.165, 1.54) is 0 Å². The average Bonchev–Trinajstić information content (AvgIpc) is 2.09. The molecule has 1 rings (SSSR count). The topological polar surface area (TPSA) is 38.4 Å². The number of anilines is 1. The van der Waals surface area contributed by atoms with Crippen LogP contribution < -0.4 is 5.73 Å². The second kappa shape index (κ2) is 4.34. The fourth-order valence-electron chi connectivity index (χ4n) is 0.814. The van der Waals surface area contributed by atoms with Crippen LogP contribution in [0.25, 0.3) is 0 Å². The first-order valence-corrected chi connectivity index (χ1v) is 3.84. The molecule has 0 atom stereocenters. The Morgan fingerprint density at radius 3 is 2.75 bits per heavy atom. The molecule has 0 heterocycles. The molecule has 0 aliphatic heterocycles. The van der Waals surface area contributed by atoms with Crippen LogP contribution in [0.15, 0.2) is 41.4 Å². The third-order valence-corrected chi connectivity index (χ3v) is 1.43. The number of hydrogen-bond donors (Lipinski definition) is 1. The number of aliphatic imine (C=N–C) groups is 1. The first kappa shape index (κ1) is 8.53. The van der Waals surface area contributed by atoms with Gasteiger partial charge in [0, 0.05) is 6.21 Å². The predicted octanol–water partition coefficient (Wildman–Crippen LogP) is 2.55. The Labute approximate surface area is 72.4 Å². The summed E-state index contributed by atoms with van der Waals surface area (Å²) in [6, 6.07) is 7.53. The van der Waals surface area contributed by atoms with Gasteiger partial charge < -0.3 is 5.73 Å². The number of nitrogens with two attached hydrogens (primary N) is 1. The largest absolute Gasteiger partial charge is 0.397 e. The summed E-state index contributed by atoms with van der Waals surface area (Å²) in [6.45, 7) is 1.94. The highest BCUT2D eigenvalue weighted by molar-refractivity contribution is 5.77. The molecular formula is C10H12N2. The zero-order valence-corrected chi connectivity index (χ0v) is 7.07. The molecule has 0 saturated heterocycles. The van der Waals surface area contributed by atoms with Gasteiger partial charge in [0.15, 0.2) is 0 Å². The van der Waals surface area contributed by atoms with E-state index in [1.807, 2.05) is 43.3 Å². The summed E-state index contributed by atoms with van der Waals surface area (Å²) in [7, 11) is 0. The fourth-order valence-corrected chi connectivity index (χ4v) is 0.814. The van der Waals surface area contributed by atoms with Crippen molar-refractivity contribution >= 4 is 17.6 Å². The van der Waals surface area contributed by atoms with Gasteiger partial charge in [0.2, 0.25) is 0 Å². The van der Waals surface area contributed by atoms with Crippen LogP contribution in [0.4, 0.5) is 11.4 Å². The Bertz CT molecular complexity index is 300. The molecule has 0 aliphatic rings. The highest BCUT2D eigenvalue weighted by Crippen LogP contribution is 2.19. The van der Waals surface area contributed by atoms with Crippen LogP contribution in [0.3, 0.4) is 0 Å². The van der Waals surface area contributed by atoms with Crippen LogP contribution in [0.5, 0.6) is 0 Å². The molecule has 0 aliphatic carbocycles. The minimum Gasteiger partial charge on any atom is -0.397 e. The zero-order valence-electron chi connectivity index (χ0n) is 7.07. The lowest BCUT2D eigenvalue weighted by Gasteiger charge is -1.95. The Morgan fingerprint density at radius 2 is 2.08 bits per heavy atom. The first-order chi connectivity index (χ1) is 5.84. The van der Waals surface area contributed by atoms with E-state index in [4.69, 9.17) is 5.73 Å². The van der Waals surface area contributed by atoms with Crippen molar-refractivity contribution in [3.05, 3.63) is 36.4 Å². The van der Waals surface area contributed by atoms with Crippen LogP contribution in [0, 0.1) is 0 Å². The highest BCUT2D eigenvalue weighted by atomic mass is 14.8. The number of allylic oxidation sites excluding steroid dienone is 2. The molecule has 1 aromatic rings. The summed E-state index contributed by atoms with van der Waals surface area (Å²) in [4.78, 5) is 4.16. The van der Waals surface area contributed by atoms with Crippen LogP contribution in [0.2, 0.25) is 0 Å². The second-order valence-corrected chi connectivity index (χ2v) is 2.36. The molecule has 2 nitrogen and oxygen atoms in total. The third-order valence-electron chi connectivity index (χ3n) is 1.43. The third kappa shape index (κ3) is 2.23. The maximum atomic E-state index is 5.66. The van der Waals surface area contributed by atoms with Gasteiger partial charge in [-0.05, 0) is 25.1 Å². The maximum Gasteiger partial charge on any atom is 0.0858 e. The molecule has 2 N–H and O–H groups in total. The highest BCUT2D eigenvalue weighted by Gasteiger charge is 1.90. The lowest BCUT2D eigenvalue weighted by atomic mass is 10.3. The molecule has 0 spiro atoms. The first-order valence-electron chi connectivity index (χ1n) is 3.84. The summed E-state index contributed by atoms with van der Waals surface area (Å²) in [5.74, 6) is 0. The molecule has 2 heteroatoms. The predicted molar refractivity (Wildman–Crippen MR) is 53.8 cm³/mol. The number of benzene rings is 1. The van der Waals surface area contributed by atoms with Gasteiger partial charge in [-0.15, -0.1) is 0 Å². The summed E-state index contributed by atoms with van der Waals surface area (Å²) in [5.41, 5.74) is 7.19. The Balaban J connectivity index is 2.82. The standard InChI is InChI=1S/C10H12N2/c1-2-3-8-12-10-7-5-4-6-9(10)11/h2-8H,11H2,1H3/b3-2-,12-8-. The van der Waals surface area contributed by atoms with Crippen molar-refractivity contribution in [2.75, 3.05) is 5.73 Å². The van der Waals surface area contributed by atoms with E-state index in [1.54, 1.807) is 6.21 Å². The lowest BCUT2D eigenvalue weighted by molar-refractivity contribution is 1.53. The summed E-state index contributed by atoms with van der Waals surface area (Å²) >= 11 is 0. The van der Waals surface area contributed by atoms with Gasteiger partial charge in [-0.2, -0.15) is 0 Å². The molecule has 0 fully saturated rings. The summed E-state index contributed by atoms with van der Waals surface area (Å²) in [5, 5.41) is 0. The van der Waals surface area contributed by atoms with Gasteiger partial charge in [0.25, 0.3) is 0 Å². The molecule has 62 valence electrons. The maximum absolute atomic E-state index is 5.66. The molecular weight excluding hydrogens is 148 g/mol. The second-order valence-electron chi connectivity index (χ2n) is 2.36. The van der Waals surface area contributed by atoms with E-state index in [0.717, 1.165) is 5.69 Å². The number of hydrogen-bond acceptors (Lipinski definition) is 2. The van der Waals surface area contributed by atoms with Crippen molar-refractivity contribution < 1.29 is 0 Å². The molecule has 0 saturated carbocycles. The van der Waals surface area contributed by atoms with Gasteiger partial charge in [-0.3, -0.25) is 4.99 Å². The van der Waals surface area contributed by atoms with E-state index in [-0.39, 0.29) is 0 Å². The van der Waals surface area contributed by atoms with E-state index in [0.29, 0.717) is 5.69 Å². The van der Waals surface area contributed by atoms with Gasteiger partial charge in [-0.1, -0.05) is 18.2 Å². The SMILES string of the molecule is C/C=C\C=N/c1ccccc1N. The number of rotatable bonds is 2. The molecule has 0 amide bonds. The summed E-state index contributed by atoms with van der Waals surface area (Å²) in [6.07, 6.45) is 5.51. The number of nitrogen functional groups attached to an aromatic ring is 1. The minimum absolute atomic E-state index is 0.707. The smallest absolute Gasteiger partial charge is 0.0858 e. The van der Waals surface area contributed by atoms with Crippen LogP contribution >= 0.6 is 0 Å². The van der Waals surface area contributed by atoms with Crippen LogP contribution in [0.1, 0.15) is 6.92 Å². The van der Waals surface area contributed by atoms with E-state index in [9.17, 15) is 0 Å². The molecule has 0 unspecified atom stereocenters. The fraction of sp³-hybridized carbons (Fsp3) is 0.100. The normalized spacial score (nSPS) is 11.4. The Morgan fingerprint density at radius 1 is 1.33 bits per heavy atom. The minimum atomic E-state index is 0.707. The monoisotopic (exact) mass is 160 g/mol. The van der Waals surface area contributed by atoms with Crippen molar-refractivity contribution in [1.82, 2.24) is 0 Å². The Hall–Kier alpha value is -1.57. The van der Waals surface area contributed by atoms with Crippen molar-refractivity contribution in [3.63, 3.8) is 0 Å². The molecule has 0 aromatic heterocycles. The zero-order chi connectivity index (χ0) is 8.81. The van der Waals surface area contributed by atoms with E-state index >= 15 is 0 Å². The van der Waals surface area contributed by atoms with Gasteiger partial charge >= 0.3 is 0 Å². The average molecular weight is 160 g/mol. The van der Waals surface area contributed by atoms with E-state index < -0.39 is 0 Å². The van der Waals surface area contributed by atoms with E-state index in [2.05, 4.69) is 4.99 Å².